The van der Waals surface area contributed by atoms with E-state index in [-0.39, 0.29) is 0 Å². The smallest absolute Gasteiger partial charge is 0.0541 e. The molecule has 0 bridgehead atoms. The molecule has 0 saturated heterocycles. The van der Waals surface area contributed by atoms with Gasteiger partial charge >= 0.3 is 0 Å². The quantitative estimate of drug-likeness (QED) is 0.559. The molecule has 2 nitrogen and oxygen atoms in total. The maximum atomic E-state index is 3.33. The molecule has 2 heteroatoms. The van der Waals surface area contributed by atoms with E-state index in [1.807, 2.05) is 7.05 Å². The zero-order valence-corrected chi connectivity index (χ0v) is 13.5. The topological polar surface area (TPSA) is 17.0 Å². The van der Waals surface area contributed by atoms with Gasteiger partial charge in [0.25, 0.3) is 0 Å². The molecule has 0 saturated carbocycles. The van der Waals surface area contributed by atoms with Gasteiger partial charge in [-0.1, -0.05) is 42.5 Å². The van der Waals surface area contributed by atoms with Gasteiger partial charge in [-0.05, 0) is 49.9 Å². The Hall–Kier alpha value is -2.58. The van der Waals surface area contributed by atoms with E-state index in [1.165, 1.54) is 33.1 Å². The Morgan fingerprint density at radius 1 is 0.783 bits per heavy atom. The zero-order valence-electron chi connectivity index (χ0n) is 13.5. The van der Waals surface area contributed by atoms with Crippen LogP contribution < -0.4 is 5.32 Å². The van der Waals surface area contributed by atoms with Gasteiger partial charge in [-0.3, -0.25) is 0 Å². The molecule has 1 N–H and O–H groups in total. The molecule has 0 spiro atoms. The molecule has 1 unspecified atom stereocenters. The molecule has 1 heterocycles. The van der Waals surface area contributed by atoms with Crippen LogP contribution >= 0.6 is 0 Å². The van der Waals surface area contributed by atoms with Crippen LogP contribution in [0.25, 0.3) is 27.5 Å². The molecule has 0 aliphatic rings. The zero-order chi connectivity index (χ0) is 15.8. The van der Waals surface area contributed by atoms with Gasteiger partial charge in [-0.25, -0.2) is 0 Å². The minimum Gasteiger partial charge on any atom is -0.313 e. The van der Waals surface area contributed by atoms with E-state index >= 15 is 0 Å². The lowest BCUT2D eigenvalue weighted by atomic mass is 10.0. The Bertz CT molecular complexity index is 967. The Morgan fingerprint density at radius 2 is 1.48 bits per heavy atom. The molecule has 0 radical (unpaired) electrons. The van der Waals surface area contributed by atoms with Crippen molar-refractivity contribution >= 4 is 21.8 Å². The van der Waals surface area contributed by atoms with Gasteiger partial charge in [-0.2, -0.15) is 0 Å². The normalized spacial score (nSPS) is 12.8. The average molecular weight is 300 g/mol. The second kappa shape index (κ2) is 5.56. The van der Waals surface area contributed by atoms with Crippen molar-refractivity contribution in [2.24, 2.45) is 0 Å². The number of benzene rings is 3. The van der Waals surface area contributed by atoms with Gasteiger partial charge in [0.05, 0.1) is 11.0 Å². The number of hydrogen-bond acceptors (Lipinski definition) is 1. The highest BCUT2D eigenvalue weighted by molar-refractivity contribution is 6.09. The van der Waals surface area contributed by atoms with Crippen LogP contribution in [-0.2, 0) is 0 Å². The van der Waals surface area contributed by atoms with Crippen molar-refractivity contribution in [3.8, 4) is 5.69 Å². The summed E-state index contributed by atoms with van der Waals surface area (Å²) in [4.78, 5) is 0. The maximum Gasteiger partial charge on any atom is 0.0541 e. The molecular formula is C21H20N2. The monoisotopic (exact) mass is 300 g/mol. The van der Waals surface area contributed by atoms with Crippen LogP contribution in [0.4, 0.5) is 0 Å². The highest BCUT2D eigenvalue weighted by Gasteiger charge is 2.13. The van der Waals surface area contributed by atoms with E-state index in [9.17, 15) is 0 Å². The van der Waals surface area contributed by atoms with E-state index in [0.29, 0.717) is 6.04 Å². The summed E-state index contributed by atoms with van der Waals surface area (Å²) in [5, 5.41) is 5.94. The van der Waals surface area contributed by atoms with Gasteiger partial charge in [0, 0.05) is 22.5 Å². The molecule has 4 rings (SSSR count). The number of rotatable bonds is 3. The second-order valence-corrected chi connectivity index (χ2v) is 5.98. The van der Waals surface area contributed by atoms with E-state index in [1.54, 1.807) is 0 Å². The Kier molecular flexibility index (Phi) is 3.40. The summed E-state index contributed by atoms with van der Waals surface area (Å²) < 4.78 is 2.35. The minimum absolute atomic E-state index is 0.346. The van der Waals surface area contributed by atoms with Gasteiger partial charge in [0.15, 0.2) is 0 Å². The third-order valence-electron chi connectivity index (χ3n) is 4.64. The SMILES string of the molecule is CNC(C)c1ccc2c(c1)c1ccccc1n2-c1ccccc1. The van der Waals surface area contributed by atoms with Crippen molar-refractivity contribution in [1.29, 1.82) is 0 Å². The number of fused-ring (bicyclic) bond motifs is 3. The molecule has 0 amide bonds. The third kappa shape index (κ3) is 2.23. The van der Waals surface area contributed by atoms with E-state index in [0.717, 1.165) is 0 Å². The fourth-order valence-corrected chi connectivity index (χ4v) is 3.28. The number of hydrogen-bond donors (Lipinski definition) is 1. The molecule has 23 heavy (non-hydrogen) atoms. The first kappa shape index (κ1) is 14.0. The lowest BCUT2D eigenvalue weighted by Gasteiger charge is -2.11. The van der Waals surface area contributed by atoms with Crippen molar-refractivity contribution in [3.05, 3.63) is 78.4 Å². The number of aromatic nitrogens is 1. The molecule has 0 aliphatic carbocycles. The third-order valence-corrected chi connectivity index (χ3v) is 4.64. The summed E-state index contributed by atoms with van der Waals surface area (Å²) in [5.41, 5.74) is 5.02. The van der Waals surface area contributed by atoms with Crippen molar-refractivity contribution in [2.45, 2.75) is 13.0 Å². The number of nitrogens with one attached hydrogen (secondary N) is 1. The van der Waals surface area contributed by atoms with Crippen LogP contribution in [0.5, 0.6) is 0 Å². The van der Waals surface area contributed by atoms with Gasteiger partial charge in [0.2, 0.25) is 0 Å². The highest BCUT2D eigenvalue weighted by atomic mass is 15.0. The maximum absolute atomic E-state index is 3.33. The molecule has 3 aromatic carbocycles. The summed E-state index contributed by atoms with van der Waals surface area (Å²) in [6.45, 7) is 2.19. The number of para-hydroxylation sites is 2. The fraction of sp³-hybridized carbons (Fsp3) is 0.143. The largest absolute Gasteiger partial charge is 0.313 e. The predicted molar refractivity (Wildman–Crippen MR) is 98.3 cm³/mol. The first-order valence-corrected chi connectivity index (χ1v) is 8.05. The lowest BCUT2D eigenvalue weighted by Crippen LogP contribution is -2.11. The summed E-state index contributed by atoms with van der Waals surface area (Å²) in [5.74, 6) is 0. The van der Waals surface area contributed by atoms with Crippen molar-refractivity contribution < 1.29 is 0 Å². The van der Waals surface area contributed by atoms with Crippen molar-refractivity contribution in [3.63, 3.8) is 0 Å². The summed E-state index contributed by atoms with van der Waals surface area (Å²) in [6, 6.07) is 26.3. The molecule has 0 aliphatic heterocycles. The van der Waals surface area contributed by atoms with Crippen LogP contribution in [0, 0.1) is 0 Å². The van der Waals surface area contributed by atoms with E-state index in [4.69, 9.17) is 0 Å². The first-order chi connectivity index (χ1) is 11.3. The van der Waals surface area contributed by atoms with Crippen LogP contribution in [0.3, 0.4) is 0 Å². The molecule has 0 fully saturated rings. The van der Waals surface area contributed by atoms with Crippen molar-refractivity contribution in [2.75, 3.05) is 7.05 Å². The minimum atomic E-state index is 0.346. The summed E-state index contributed by atoms with van der Waals surface area (Å²) in [7, 11) is 2.00. The van der Waals surface area contributed by atoms with E-state index in [2.05, 4.69) is 89.6 Å². The van der Waals surface area contributed by atoms with Crippen LogP contribution in [0.15, 0.2) is 72.8 Å². The Labute approximate surface area is 136 Å². The molecular weight excluding hydrogens is 280 g/mol. The van der Waals surface area contributed by atoms with Crippen LogP contribution in [-0.4, -0.2) is 11.6 Å². The molecule has 1 aromatic heterocycles. The molecule has 114 valence electrons. The summed E-state index contributed by atoms with van der Waals surface area (Å²) >= 11 is 0. The number of nitrogens with zero attached hydrogens (tertiary/aromatic N) is 1. The fourth-order valence-electron chi connectivity index (χ4n) is 3.28. The molecule has 4 aromatic rings. The van der Waals surface area contributed by atoms with Gasteiger partial charge in [-0.15, -0.1) is 0 Å². The van der Waals surface area contributed by atoms with Crippen molar-refractivity contribution in [1.82, 2.24) is 9.88 Å². The lowest BCUT2D eigenvalue weighted by molar-refractivity contribution is 0.653. The molecule has 1 atom stereocenters. The average Bonchev–Trinajstić information content (AvgIpc) is 2.95. The first-order valence-electron chi connectivity index (χ1n) is 8.05. The van der Waals surface area contributed by atoms with E-state index < -0.39 is 0 Å². The van der Waals surface area contributed by atoms with Crippen LogP contribution in [0.2, 0.25) is 0 Å². The van der Waals surface area contributed by atoms with Gasteiger partial charge in [0.1, 0.15) is 0 Å². The Balaban J connectivity index is 2.09. The summed E-state index contributed by atoms with van der Waals surface area (Å²) in [6.07, 6.45) is 0. The highest BCUT2D eigenvalue weighted by Crippen LogP contribution is 2.33. The predicted octanol–water partition coefficient (Wildman–Crippen LogP) is 5.06. The second-order valence-electron chi connectivity index (χ2n) is 5.98. The van der Waals surface area contributed by atoms with Crippen LogP contribution in [0.1, 0.15) is 18.5 Å². The van der Waals surface area contributed by atoms with Gasteiger partial charge < -0.3 is 9.88 Å². The Morgan fingerprint density at radius 3 is 2.26 bits per heavy atom. The standard InChI is InChI=1S/C21H20N2/c1-15(22-2)16-12-13-21-19(14-16)18-10-6-7-11-20(18)23(21)17-8-4-3-5-9-17/h3-15,22H,1-2H3.